The Morgan fingerprint density at radius 2 is 1.96 bits per heavy atom. The molecule has 0 saturated carbocycles. The lowest BCUT2D eigenvalue weighted by molar-refractivity contribution is -0.119. The number of carbonyl (C=O) groups is 2. The van der Waals surface area contributed by atoms with Gasteiger partial charge in [-0.1, -0.05) is 13.5 Å². The Labute approximate surface area is 146 Å². The largest absolute Gasteiger partial charge is 0.326 e. The predicted octanol–water partition coefficient (Wildman–Crippen LogP) is 3.52. The molecule has 0 fully saturated rings. The summed E-state index contributed by atoms with van der Waals surface area (Å²) in [5.74, 6) is -1.08. The molecule has 2 N–H and O–H groups in total. The van der Waals surface area contributed by atoms with Gasteiger partial charge in [0, 0.05) is 29.7 Å². The van der Waals surface area contributed by atoms with Gasteiger partial charge in [0.25, 0.3) is 5.91 Å². The number of amides is 2. The molecule has 1 unspecified atom stereocenters. The van der Waals surface area contributed by atoms with Crippen LogP contribution in [-0.2, 0) is 4.79 Å². The third kappa shape index (κ3) is 5.84. The second-order valence-electron chi connectivity index (χ2n) is 5.74. The van der Waals surface area contributed by atoms with Crippen molar-refractivity contribution in [2.75, 3.05) is 5.32 Å². The van der Waals surface area contributed by atoms with Crippen LogP contribution in [0.3, 0.4) is 0 Å². The van der Waals surface area contributed by atoms with Crippen LogP contribution in [0.25, 0.3) is 0 Å². The molecule has 0 spiro atoms. The molecule has 1 aromatic heterocycles. The van der Waals surface area contributed by atoms with Gasteiger partial charge in [-0.2, -0.15) is 0 Å². The molecule has 2 amide bonds. The van der Waals surface area contributed by atoms with E-state index in [2.05, 4.69) is 22.2 Å². The summed E-state index contributed by atoms with van der Waals surface area (Å²) in [7, 11) is 0. The quantitative estimate of drug-likeness (QED) is 0.809. The van der Waals surface area contributed by atoms with Crippen molar-refractivity contribution >= 4 is 17.5 Å². The van der Waals surface area contributed by atoms with Crippen LogP contribution < -0.4 is 10.6 Å². The van der Waals surface area contributed by atoms with E-state index in [1.807, 2.05) is 0 Å². The van der Waals surface area contributed by atoms with Crippen LogP contribution in [0.2, 0.25) is 0 Å². The number of hydrogen-bond acceptors (Lipinski definition) is 3. The third-order valence-corrected chi connectivity index (χ3v) is 3.65. The molecule has 2 aromatic rings. The molecule has 130 valence electrons. The number of benzene rings is 1. The lowest BCUT2D eigenvalue weighted by Crippen LogP contribution is -2.24. The number of anilines is 1. The van der Waals surface area contributed by atoms with Crippen LogP contribution >= 0.6 is 0 Å². The van der Waals surface area contributed by atoms with E-state index in [0.717, 1.165) is 0 Å². The molecular formula is C19H20FN3O2. The maximum Gasteiger partial charge on any atom is 0.256 e. The van der Waals surface area contributed by atoms with Gasteiger partial charge in [0.1, 0.15) is 5.82 Å². The zero-order chi connectivity index (χ0) is 18.2. The Morgan fingerprint density at radius 1 is 1.24 bits per heavy atom. The van der Waals surface area contributed by atoms with Crippen LogP contribution in [0, 0.1) is 11.7 Å². The Morgan fingerprint density at radius 3 is 2.60 bits per heavy atom. The van der Waals surface area contributed by atoms with E-state index in [1.54, 1.807) is 25.3 Å². The average molecular weight is 341 g/mol. The van der Waals surface area contributed by atoms with Crippen molar-refractivity contribution in [3.63, 3.8) is 0 Å². The summed E-state index contributed by atoms with van der Waals surface area (Å²) in [5, 5.41) is 5.43. The zero-order valence-corrected chi connectivity index (χ0v) is 14.0. The van der Waals surface area contributed by atoms with Crippen LogP contribution in [0.15, 0.2) is 61.1 Å². The first-order valence-electron chi connectivity index (χ1n) is 7.91. The summed E-state index contributed by atoms with van der Waals surface area (Å²) >= 11 is 0. The molecule has 0 aliphatic heterocycles. The molecule has 0 bridgehead atoms. The maximum absolute atomic E-state index is 12.9. The van der Waals surface area contributed by atoms with Gasteiger partial charge in [-0.3, -0.25) is 14.6 Å². The maximum atomic E-state index is 12.9. The first-order chi connectivity index (χ1) is 12.0. The summed E-state index contributed by atoms with van der Waals surface area (Å²) in [5.41, 5.74) is 1.53. The summed E-state index contributed by atoms with van der Waals surface area (Å²) < 4.78 is 12.9. The first-order valence-corrected chi connectivity index (χ1v) is 7.91. The smallest absolute Gasteiger partial charge is 0.256 e. The minimum atomic E-state index is -0.355. The highest BCUT2D eigenvalue weighted by atomic mass is 19.1. The third-order valence-electron chi connectivity index (χ3n) is 3.65. The Bertz CT molecular complexity index is 745. The van der Waals surface area contributed by atoms with Crippen LogP contribution in [0.1, 0.15) is 30.1 Å². The van der Waals surface area contributed by atoms with Crippen molar-refractivity contribution in [2.24, 2.45) is 5.92 Å². The van der Waals surface area contributed by atoms with Gasteiger partial charge in [0.15, 0.2) is 0 Å². The van der Waals surface area contributed by atoms with Crippen LogP contribution in [0.5, 0.6) is 0 Å². The molecule has 0 aliphatic carbocycles. The molecule has 0 saturated heterocycles. The predicted molar refractivity (Wildman–Crippen MR) is 94.3 cm³/mol. The molecule has 6 heteroatoms. The Hall–Kier alpha value is -3.02. The zero-order valence-electron chi connectivity index (χ0n) is 14.0. The second kappa shape index (κ2) is 8.73. The van der Waals surface area contributed by atoms with Crippen molar-refractivity contribution in [2.45, 2.75) is 19.8 Å². The minimum absolute atomic E-state index is 0.169. The van der Waals surface area contributed by atoms with Crippen LogP contribution in [-0.4, -0.2) is 16.8 Å². The van der Waals surface area contributed by atoms with Crippen molar-refractivity contribution in [1.29, 1.82) is 0 Å². The number of pyridine rings is 1. The van der Waals surface area contributed by atoms with Gasteiger partial charge in [0.2, 0.25) is 5.91 Å². The van der Waals surface area contributed by atoms with Crippen molar-refractivity contribution < 1.29 is 14.0 Å². The molecule has 25 heavy (non-hydrogen) atoms. The van der Waals surface area contributed by atoms with Gasteiger partial charge >= 0.3 is 0 Å². The molecule has 0 aliphatic rings. The van der Waals surface area contributed by atoms with Crippen molar-refractivity contribution in [3.8, 4) is 0 Å². The normalized spacial score (nSPS) is 11.4. The van der Waals surface area contributed by atoms with Crippen molar-refractivity contribution in [1.82, 2.24) is 10.3 Å². The van der Waals surface area contributed by atoms with Gasteiger partial charge < -0.3 is 10.6 Å². The summed E-state index contributed by atoms with van der Waals surface area (Å²) in [6.45, 7) is 5.61. The number of allylic oxidation sites excluding steroid dienone is 1. The SMILES string of the molecule is C=C(CCC(C)C(=O)Nc1ccc(F)cc1)NC(=O)c1cccnc1. The van der Waals surface area contributed by atoms with Gasteiger partial charge in [-0.15, -0.1) is 0 Å². The van der Waals surface area contributed by atoms with Gasteiger partial charge in [-0.25, -0.2) is 4.39 Å². The molecule has 1 aromatic carbocycles. The minimum Gasteiger partial charge on any atom is -0.326 e. The summed E-state index contributed by atoms with van der Waals surface area (Å²) in [6, 6.07) is 8.93. The first kappa shape index (κ1) is 18.3. The van der Waals surface area contributed by atoms with E-state index in [9.17, 15) is 14.0 Å². The van der Waals surface area contributed by atoms with E-state index in [1.165, 1.54) is 30.5 Å². The van der Waals surface area contributed by atoms with E-state index >= 15 is 0 Å². The fourth-order valence-corrected chi connectivity index (χ4v) is 2.11. The number of carbonyl (C=O) groups excluding carboxylic acids is 2. The second-order valence-corrected chi connectivity index (χ2v) is 5.74. The highest BCUT2D eigenvalue weighted by molar-refractivity contribution is 5.95. The number of hydrogen-bond donors (Lipinski definition) is 2. The summed E-state index contributed by atoms with van der Waals surface area (Å²) in [4.78, 5) is 28.0. The standard InChI is InChI=1S/C19H20FN3O2/c1-13(18(24)23-17-9-7-16(20)8-10-17)5-6-14(2)22-19(25)15-4-3-11-21-12-15/h3-4,7-13H,2,5-6H2,1H3,(H,22,25)(H,23,24). The molecular weight excluding hydrogens is 321 g/mol. The molecule has 1 atom stereocenters. The number of nitrogens with zero attached hydrogens (tertiary/aromatic N) is 1. The fraction of sp³-hybridized carbons (Fsp3) is 0.211. The summed E-state index contributed by atoms with van der Waals surface area (Å²) in [6.07, 6.45) is 4.07. The molecule has 0 radical (unpaired) electrons. The van der Waals surface area contributed by atoms with E-state index in [-0.39, 0.29) is 23.5 Å². The average Bonchev–Trinajstić information content (AvgIpc) is 2.62. The monoisotopic (exact) mass is 341 g/mol. The topological polar surface area (TPSA) is 71.1 Å². The van der Waals surface area contributed by atoms with E-state index < -0.39 is 0 Å². The number of rotatable bonds is 7. The highest BCUT2D eigenvalue weighted by Crippen LogP contribution is 2.14. The number of halogens is 1. The fourth-order valence-electron chi connectivity index (χ4n) is 2.11. The van der Waals surface area contributed by atoms with E-state index in [0.29, 0.717) is 29.8 Å². The van der Waals surface area contributed by atoms with E-state index in [4.69, 9.17) is 0 Å². The Balaban J connectivity index is 1.77. The lowest BCUT2D eigenvalue weighted by atomic mass is 10.0. The van der Waals surface area contributed by atoms with Gasteiger partial charge in [0.05, 0.1) is 5.56 Å². The van der Waals surface area contributed by atoms with Crippen LogP contribution in [0.4, 0.5) is 10.1 Å². The number of aromatic nitrogens is 1. The molecule has 5 nitrogen and oxygen atoms in total. The Kier molecular flexibility index (Phi) is 6.39. The molecule has 1 heterocycles. The molecule has 2 rings (SSSR count). The van der Waals surface area contributed by atoms with Crippen molar-refractivity contribution in [3.05, 3.63) is 72.4 Å². The highest BCUT2D eigenvalue weighted by Gasteiger charge is 2.14. The van der Waals surface area contributed by atoms with Gasteiger partial charge in [-0.05, 0) is 49.2 Å². The number of nitrogens with one attached hydrogen (secondary N) is 2. The lowest BCUT2D eigenvalue weighted by Gasteiger charge is -2.14.